The third-order valence-electron chi connectivity index (χ3n) is 5.43. The summed E-state index contributed by atoms with van der Waals surface area (Å²) in [4.78, 5) is 19.7. The van der Waals surface area contributed by atoms with Gasteiger partial charge in [-0.05, 0) is 49.9 Å². The molecule has 1 aliphatic heterocycles. The summed E-state index contributed by atoms with van der Waals surface area (Å²) in [5.41, 5.74) is 7.17. The van der Waals surface area contributed by atoms with Crippen LogP contribution in [0, 0.1) is 0 Å². The molecule has 3 aromatic rings. The molecule has 1 aromatic carbocycles. The van der Waals surface area contributed by atoms with E-state index < -0.39 is 0 Å². The molecule has 3 N–H and O–H groups in total. The number of hydrogen-bond acceptors (Lipinski definition) is 6. The van der Waals surface area contributed by atoms with Gasteiger partial charge in [-0.15, -0.1) is 5.10 Å². The number of nitrogens with two attached hydrogens (primary N) is 1. The lowest BCUT2D eigenvalue weighted by atomic mass is 9.86. The van der Waals surface area contributed by atoms with E-state index in [1.54, 1.807) is 18.3 Å². The van der Waals surface area contributed by atoms with Crippen molar-refractivity contribution in [2.24, 2.45) is 5.73 Å². The van der Waals surface area contributed by atoms with Crippen molar-refractivity contribution in [3.8, 4) is 28.6 Å². The van der Waals surface area contributed by atoms with Crippen LogP contribution in [0.2, 0.25) is 0 Å². The molecule has 0 amide bonds. The van der Waals surface area contributed by atoms with Crippen LogP contribution >= 0.6 is 0 Å². The molecule has 0 saturated heterocycles. The van der Waals surface area contributed by atoms with Gasteiger partial charge >= 0.3 is 0 Å². The maximum absolute atomic E-state index is 12.3. The zero-order chi connectivity index (χ0) is 19.1. The van der Waals surface area contributed by atoms with Crippen LogP contribution in [0.1, 0.15) is 37.4 Å². The summed E-state index contributed by atoms with van der Waals surface area (Å²) in [7, 11) is 0. The average molecular weight is 379 g/mol. The Morgan fingerprint density at radius 2 is 1.93 bits per heavy atom. The van der Waals surface area contributed by atoms with Crippen LogP contribution in [-0.2, 0) is 0 Å². The second-order valence-corrected chi connectivity index (χ2v) is 7.27. The molecule has 8 nitrogen and oxygen atoms in total. The van der Waals surface area contributed by atoms with Gasteiger partial charge in [-0.2, -0.15) is 0 Å². The Balaban J connectivity index is 1.62. The first-order valence-corrected chi connectivity index (χ1v) is 9.49. The minimum absolute atomic E-state index is 0.206. The van der Waals surface area contributed by atoms with E-state index in [1.165, 1.54) is 0 Å². The highest BCUT2D eigenvalue weighted by atomic mass is 16.7. The van der Waals surface area contributed by atoms with Gasteiger partial charge in [0.15, 0.2) is 17.3 Å². The number of benzene rings is 1. The van der Waals surface area contributed by atoms with E-state index in [-0.39, 0.29) is 24.3 Å². The molecule has 28 heavy (non-hydrogen) atoms. The predicted molar refractivity (Wildman–Crippen MR) is 103 cm³/mol. The first kappa shape index (κ1) is 17.0. The zero-order valence-corrected chi connectivity index (χ0v) is 15.3. The molecule has 0 bridgehead atoms. The highest BCUT2D eigenvalue weighted by molar-refractivity contribution is 5.55. The Morgan fingerprint density at radius 3 is 2.75 bits per heavy atom. The third kappa shape index (κ3) is 2.95. The quantitative estimate of drug-likeness (QED) is 0.723. The number of nitrogens with one attached hydrogen (secondary N) is 1. The van der Waals surface area contributed by atoms with Crippen LogP contribution in [0.5, 0.6) is 11.5 Å². The number of aromatic nitrogens is 4. The second kappa shape index (κ2) is 6.79. The van der Waals surface area contributed by atoms with Gasteiger partial charge in [0.25, 0.3) is 5.56 Å². The molecule has 5 rings (SSSR count). The van der Waals surface area contributed by atoms with Crippen LogP contribution in [0.3, 0.4) is 0 Å². The second-order valence-electron chi connectivity index (χ2n) is 7.27. The van der Waals surface area contributed by atoms with Gasteiger partial charge in [0.1, 0.15) is 5.82 Å². The van der Waals surface area contributed by atoms with Gasteiger partial charge in [0, 0.05) is 24.2 Å². The van der Waals surface area contributed by atoms with Gasteiger partial charge in [-0.1, -0.05) is 0 Å². The van der Waals surface area contributed by atoms with Crippen LogP contribution in [0.4, 0.5) is 0 Å². The van der Waals surface area contributed by atoms with Crippen molar-refractivity contribution in [1.82, 2.24) is 19.7 Å². The summed E-state index contributed by atoms with van der Waals surface area (Å²) in [5.74, 6) is 2.92. The van der Waals surface area contributed by atoms with Crippen molar-refractivity contribution >= 4 is 0 Å². The standard InChI is InChI=1S/C20H21N5O3/c21-13-5-3-12(4-6-13)19-23-18(15-2-1-9-22-20(15)26)24-25(19)14-7-8-16-17(10-14)28-11-27-16/h1-2,7-10,12-13H,3-6,11,21H2,(H,22,26). The van der Waals surface area contributed by atoms with E-state index in [9.17, 15) is 4.79 Å². The first-order chi connectivity index (χ1) is 13.7. The van der Waals surface area contributed by atoms with Gasteiger partial charge in [0.2, 0.25) is 6.79 Å². The van der Waals surface area contributed by atoms with Gasteiger partial charge in [0.05, 0.1) is 11.3 Å². The maximum atomic E-state index is 12.3. The smallest absolute Gasteiger partial charge is 0.259 e. The summed E-state index contributed by atoms with van der Waals surface area (Å²) in [6.45, 7) is 0.216. The zero-order valence-electron chi connectivity index (χ0n) is 15.3. The minimum Gasteiger partial charge on any atom is -0.454 e. The molecule has 3 heterocycles. The van der Waals surface area contributed by atoms with E-state index in [1.807, 2.05) is 22.9 Å². The maximum Gasteiger partial charge on any atom is 0.259 e. The fourth-order valence-corrected chi connectivity index (χ4v) is 3.88. The molecule has 2 aliphatic rings. The molecule has 144 valence electrons. The van der Waals surface area contributed by atoms with E-state index in [0.29, 0.717) is 22.9 Å². The van der Waals surface area contributed by atoms with Crippen molar-refractivity contribution in [2.75, 3.05) is 6.79 Å². The number of H-pyrrole nitrogens is 1. The number of hydrogen-bond donors (Lipinski definition) is 2. The Bertz CT molecular complexity index is 1070. The van der Waals surface area contributed by atoms with Crippen LogP contribution < -0.4 is 20.8 Å². The summed E-state index contributed by atoms with van der Waals surface area (Å²) in [6, 6.07) is 9.45. The van der Waals surface area contributed by atoms with Crippen LogP contribution in [-0.4, -0.2) is 32.6 Å². The monoisotopic (exact) mass is 379 g/mol. The summed E-state index contributed by atoms with van der Waals surface area (Å²) in [6.07, 6.45) is 5.42. The Labute approximate surface area is 161 Å². The Hall–Kier alpha value is -3.13. The normalized spacial score (nSPS) is 21.0. The number of rotatable bonds is 3. The van der Waals surface area contributed by atoms with E-state index in [4.69, 9.17) is 20.2 Å². The van der Waals surface area contributed by atoms with E-state index in [0.717, 1.165) is 37.2 Å². The van der Waals surface area contributed by atoms with Crippen molar-refractivity contribution in [2.45, 2.75) is 37.6 Å². The molecule has 8 heteroatoms. The van der Waals surface area contributed by atoms with Crippen molar-refractivity contribution < 1.29 is 9.47 Å². The average Bonchev–Trinajstić information content (AvgIpc) is 3.35. The van der Waals surface area contributed by atoms with Crippen molar-refractivity contribution in [3.05, 3.63) is 52.7 Å². The molecule has 1 fully saturated rings. The molecule has 1 saturated carbocycles. The van der Waals surface area contributed by atoms with Gasteiger partial charge in [-0.3, -0.25) is 4.79 Å². The molecule has 0 radical (unpaired) electrons. The molecule has 1 aliphatic carbocycles. The van der Waals surface area contributed by atoms with E-state index >= 15 is 0 Å². The molecular weight excluding hydrogens is 358 g/mol. The van der Waals surface area contributed by atoms with Crippen molar-refractivity contribution in [3.63, 3.8) is 0 Å². The molecule has 0 spiro atoms. The Kier molecular flexibility index (Phi) is 4.12. The van der Waals surface area contributed by atoms with Gasteiger partial charge in [-0.25, -0.2) is 9.67 Å². The summed E-state index contributed by atoms with van der Waals surface area (Å²) >= 11 is 0. The highest BCUT2D eigenvalue weighted by Gasteiger charge is 2.27. The van der Waals surface area contributed by atoms with E-state index in [2.05, 4.69) is 10.1 Å². The van der Waals surface area contributed by atoms with Crippen LogP contribution in [0.15, 0.2) is 41.3 Å². The predicted octanol–water partition coefficient (Wildman–Crippen LogP) is 2.34. The minimum atomic E-state index is -0.206. The summed E-state index contributed by atoms with van der Waals surface area (Å²) < 4.78 is 12.8. The lowest BCUT2D eigenvalue weighted by molar-refractivity contribution is 0.174. The third-order valence-corrected chi connectivity index (χ3v) is 5.43. The topological polar surface area (TPSA) is 108 Å². The molecule has 2 aromatic heterocycles. The van der Waals surface area contributed by atoms with Crippen molar-refractivity contribution in [1.29, 1.82) is 0 Å². The van der Waals surface area contributed by atoms with Gasteiger partial charge < -0.3 is 20.2 Å². The lowest BCUT2D eigenvalue weighted by Gasteiger charge is -2.25. The molecule has 0 atom stereocenters. The molecular formula is C20H21N5O3. The molecule has 0 unspecified atom stereocenters. The summed E-state index contributed by atoms with van der Waals surface area (Å²) in [5, 5.41) is 4.69. The van der Waals surface area contributed by atoms with Crippen LogP contribution in [0.25, 0.3) is 17.1 Å². The fraction of sp³-hybridized carbons (Fsp3) is 0.350. The number of pyridine rings is 1. The first-order valence-electron chi connectivity index (χ1n) is 9.49. The number of fused-ring (bicyclic) bond motifs is 1. The SMILES string of the molecule is NC1CCC(c2nc(-c3ccc[nH]c3=O)nn2-c2ccc3c(c2)OCO3)CC1. The number of aromatic amines is 1. The number of nitrogens with zero attached hydrogens (tertiary/aromatic N) is 3. The highest BCUT2D eigenvalue weighted by Crippen LogP contribution is 2.37. The fourth-order valence-electron chi connectivity index (χ4n) is 3.88. The Morgan fingerprint density at radius 1 is 1.11 bits per heavy atom. The largest absolute Gasteiger partial charge is 0.454 e. The number of ether oxygens (including phenoxy) is 2. The lowest BCUT2D eigenvalue weighted by Crippen LogP contribution is -2.26.